The lowest BCUT2D eigenvalue weighted by Crippen LogP contribution is -2.63. The molecule has 1 rings (SSSR count). The van der Waals surface area contributed by atoms with Crippen molar-refractivity contribution in [2.24, 2.45) is 5.73 Å². The van der Waals surface area contributed by atoms with Gasteiger partial charge in [-0.25, -0.2) is 4.79 Å². The van der Waals surface area contributed by atoms with Gasteiger partial charge in [0.05, 0.1) is 12.6 Å². The van der Waals surface area contributed by atoms with Gasteiger partial charge < -0.3 is 35.6 Å². The minimum Gasteiger partial charge on any atom is -0.456 e. The van der Waals surface area contributed by atoms with E-state index in [1.54, 1.807) is 0 Å². The van der Waals surface area contributed by atoms with Crippen LogP contribution in [0.3, 0.4) is 0 Å². The lowest BCUT2D eigenvalue weighted by molar-refractivity contribution is -0.255. The number of hydrogen-bond donors (Lipinski definition) is 5. The number of aliphatic hydroxyl groups excluding tert-OH is 4. The maximum Gasteiger partial charge on any atom is 0.335 e. The Kier molecular flexibility index (Phi) is 4.80. The number of ether oxygens (including phenoxy) is 2. The molecule has 1 fully saturated rings. The normalized spacial score (nSPS) is 39.8. The third kappa shape index (κ3) is 3.12. The van der Waals surface area contributed by atoms with E-state index in [4.69, 9.17) is 25.4 Å². The van der Waals surface area contributed by atoms with Gasteiger partial charge in [0.2, 0.25) is 0 Å². The third-order valence-electron chi connectivity index (χ3n) is 2.51. The fourth-order valence-electron chi connectivity index (χ4n) is 1.48. The fraction of sp³-hybridized carbons (Fsp3) is 0.889. The van der Waals surface area contributed by atoms with Gasteiger partial charge >= 0.3 is 5.97 Å². The molecule has 2 unspecified atom stereocenters. The van der Waals surface area contributed by atoms with E-state index in [-0.39, 0.29) is 0 Å². The highest BCUT2D eigenvalue weighted by atomic mass is 16.6. The highest BCUT2D eigenvalue weighted by Crippen LogP contribution is 2.21. The average Bonchev–Trinajstić information content (AvgIpc) is 2.28. The molecule has 0 radical (unpaired) electrons. The van der Waals surface area contributed by atoms with Crippen LogP contribution in [-0.4, -0.2) is 69.8 Å². The molecule has 100 valence electrons. The van der Waals surface area contributed by atoms with E-state index in [0.29, 0.717) is 0 Å². The molecule has 0 spiro atoms. The molecule has 8 nitrogen and oxygen atoms in total. The van der Waals surface area contributed by atoms with Crippen LogP contribution in [0.15, 0.2) is 0 Å². The molecule has 0 amide bonds. The van der Waals surface area contributed by atoms with Gasteiger partial charge in [0.15, 0.2) is 12.4 Å². The van der Waals surface area contributed by atoms with E-state index in [2.05, 4.69) is 0 Å². The molecule has 1 aliphatic rings. The van der Waals surface area contributed by atoms with Crippen molar-refractivity contribution in [2.75, 3.05) is 6.61 Å². The third-order valence-corrected chi connectivity index (χ3v) is 2.51. The summed E-state index contributed by atoms with van der Waals surface area (Å²) in [7, 11) is 0. The summed E-state index contributed by atoms with van der Waals surface area (Å²) in [6.45, 7) is 0.632. The Bertz CT molecular complexity index is 272. The standard InChI is InChI=1S/C9H17NO7/c1-3(12)8(14)17-7-5(10)9(15)16-4(2-11)6(7)13/h3-7,9,11-13,15H,2,10H2,1H3/t3?,4-,5-,6-,7-,9?/m1/s1. The van der Waals surface area contributed by atoms with Crippen LogP contribution in [0.2, 0.25) is 0 Å². The van der Waals surface area contributed by atoms with E-state index in [0.717, 1.165) is 0 Å². The first-order chi connectivity index (χ1) is 7.88. The van der Waals surface area contributed by atoms with Crippen molar-refractivity contribution < 1.29 is 34.7 Å². The first-order valence-corrected chi connectivity index (χ1v) is 5.15. The molecule has 0 aromatic carbocycles. The average molecular weight is 251 g/mol. The fourth-order valence-corrected chi connectivity index (χ4v) is 1.48. The lowest BCUT2D eigenvalue weighted by Gasteiger charge is -2.40. The zero-order chi connectivity index (χ0) is 13.2. The van der Waals surface area contributed by atoms with Crippen molar-refractivity contribution >= 4 is 5.97 Å². The first kappa shape index (κ1) is 14.3. The molecule has 0 aromatic rings. The number of carbonyl (C=O) groups is 1. The number of rotatable bonds is 3. The molecule has 1 aliphatic heterocycles. The first-order valence-electron chi connectivity index (χ1n) is 5.15. The van der Waals surface area contributed by atoms with Crippen molar-refractivity contribution in [3.05, 3.63) is 0 Å². The zero-order valence-corrected chi connectivity index (χ0v) is 9.26. The summed E-state index contributed by atoms with van der Waals surface area (Å²) in [4.78, 5) is 11.2. The number of nitrogens with two attached hydrogens (primary N) is 1. The van der Waals surface area contributed by atoms with Gasteiger partial charge in [0.1, 0.15) is 18.3 Å². The van der Waals surface area contributed by atoms with Crippen LogP contribution in [0.1, 0.15) is 6.92 Å². The van der Waals surface area contributed by atoms with Gasteiger partial charge in [0.25, 0.3) is 0 Å². The van der Waals surface area contributed by atoms with Crippen LogP contribution < -0.4 is 5.73 Å². The Morgan fingerprint density at radius 1 is 1.53 bits per heavy atom. The van der Waals surface area contributed by atoms with Gasteiger partial charge in [-0.05, 0) is 6.92 Å². The molecule has 0 aliphatic carbocycles. The van der Waals surface area contributed by atoms with Gasteiger partial charge in [-0.1, -0.05) is 0 Å². The maximum absolute atomic E-state index is 11.2. The number of carbonyl (C=O) groups excluding carboxylic acids is 1. The number of aliphatic hydroxyl groups is 4. The molecule has 0 bridgehead atoms. The van der Waals surface area contributed by atoms with E-state index in [1.807, 2.05) is 0 Å². The van der Waals surface area contributed by atoms with Gasteiger partial charge in [-0.15, -0.1) is 0 Å². The minimum atomic E-state index is -1.47. The molecule has 1 heterocycles. The van der Waals surface area contributed by atoms with Crippen molar-refractivity contribution in [3.8, 4) is 0 Å². The van der Waals surface area contributed by atoms with Crippen LogP contribution in [-0.2, 0) is 14.3 Å². The van der Waals surface area contributed by atoms with E-state index in [1.165, 1.54) is 6.92 Å². The molecular formula is C9H17NO7. The minimum absolute atomic E-state index is 0.562. The van der Waals surface area contributed by atoms with Crippen molar-refractivity contribution in [1.82, 2.24) is 0 Å². The van der Waals surface area contributed by atoms with Crippen LogP contribution in [0.4, 0.5) is 0 Å². The predicted octanol–water partition coefficient (Wildman–Crippen LogP) is -3.32. The smallest absolute Gasteiger partial charge is 0.335 e. The Morgan fingerprint density at radius 3 is 2.59 bits per heavy atom. The second-order valence-corrected chi connectivity index (χ2v) is 3.89. The van der Waals surface area contributed by atoms with Crippen molar-refractivity contribution in [2.45, 2.75) is 43.7 Å². The molecule has 0 aromatic heterocycles. The summed E-state index contributed by atoms with van der Waals surface area (Å²) in [6.07, 6.45) is -6.57. The Labute approximate surface area is 97.6 Å². The largest absolute Gasteiger partial charge is 0.456 e. The van der Waals surface area contributed by atoms with E-state index >= 15 is 0 Å². The lowest BCUT2D eigenvalue weighted by atomic mass is 9.97. The molecular weight excluding hydrogens is 234 g/mol. The molecule has 6 N–H and O–H groups in total. The summed E-state index contributed by atoms with van der Waals surface area (Å²) < 4.78 is 9.57. The highest BCUT2D eigenvalue weighted by Gasteiger charge is 2.45. The van der Waals surface area contributed by atoms with Gasteiger partial charge in [-0.2, -0.15) is 0 Å². The summed E-state index contributed by atoms with van der Waals surface area (Å²) >= 11 is 0. The monoisotopic (exact) mass is 251 g/mol. The topological polar surface area (TPSA) is 142 Å². The summed E-state index contributed by atoms with van der Waals surface area (Å²) in [5, 5.41) is 37.0. The molecule has 8 heteroatoms. The quantitative estimate of drug-likeness (QED) is 0.328. The molecule has 1 saturated heterocycles. The SMILES string of the molecule is CC(O)C(=O)O[C@H]1[C@H](O)[C@@H](CO)OC(O)[C@@H]1N. The van der Waals surface area contributed by atoms with E-state index < -0.39 is 49.3 Å². The van der Waals surface area contributed by atoms with Gasteiger partial charge in [0, 0.05) is 0 Å². The molecule has 17 heavy (non-hydrogen) atoms. The van der Waals surface area contributed by atoms with Crippen LogP contribution in [0.5, 0.6) is 0 Å². The van der Waals surface area contributed by atoms with Crippen molar-refractivity contribution in [1.29, 1.82) is 0 Å². The second kappa shape index (κ2) is 5.71. The number of hydrogen-bond acceptors (Lipinski definition) is 8. The van der Waals surface area contributed by atoms with Crippen LogP contribution >= 0.6 is 0 Å². The van der Waals surface area contributed by atoms with E-state index in [9.17, 15) is 15.0 Å². The Hall–Kier alpha value is -0.770. The van der Waals surface area contributed by atoms with Crippen LogP contribution in [0.25, 0.3) is 0 Å². The summed E-state index contributed by atoms with van der Waals surface area (Å²) in [5.74, 6) is -0.977. The molecule has 0 saturated carbocycles. The Morgan fingerprint density at radius 2 is 2.12 bits per heavy atom. The zero-order valence-electron chi connectivity index (χ0n) is 9.26. The summed E-state index contributed by atoms with van der Waals surface area (Å²) in [5.41, 5.74) is 5.50. The Balaban J connectivity index is 2.75. The highest BCUT2D eigenvalue weighted by molar-refractivity contribution is 5.74. The molecule has 6 atom stereocenters. The second-order valence-electron chi connectivity index (χ2n) is 3.89. The predicted molar refractivity (Wildman–Crippen MR) is 53.5 cm³/mol. The maximum atomic E-state index is 11.2. The number of esters is 1. The van der Waals surface area contributed by atoms with Crippen LogP contribution in [0, 0.1) is 0 Å². The van der Waals surface area contributed by atoms with Gasteiger partial charge in [-0.3, -0.25) is 0 Å². The summed E-state index contributed by atoms with van der Waals surface area (Å²) in [6, 6.07) is -1.16. The van der Waals surface area contributed by atoms with Crippen molar-refractivity contribution in [3.63, 3.8) is 0 Å².